The molecule has 0 aliphatic heterocycles. The van der Waals surface area contributed by atoms with Crippen molar-refractivity contribution in [1.82, 2.24) is 14.5 Å². The Labute approximate surface area is 138 Å². The van der Waals surface area contributed by atoms with Gasteiger partial charge in [-0.1, -0.05) is 25.8 Å². The van der Waals surface area contributed by atoms with Crippen molar-refractivity contribution in [2.24, 2.45) is 0 Å². The summed E-state index contributed by atoms with van der Waals surface area (Å²) in [6, 6.07) is 4.32. The molecule has 5 nitrogen and oxygen atoms in total. The summed E-state index contributed by atoms with van der Waals surface area (Å²) in [5.41, 5.74) is 10.8. The minimum Gasteiger partial charge on any atom is -0.394 e. The molecule has 1 aliphatic rings. The highest BCUT2D eigenvalue weighted by atomic mass is 15.3. The Bertz CT molecular complexity index is 661. The molecule has 0 atom stereocenters. The molecule has 0 aromatic carbocycles. The Morgan fingerprint density at radius 2 is 2.13 bits per heavy atom. The lowest BCUT2D eigenvalue weighted by Gasteiger charge is -2.16. The number of rotatable bonds is 8. The maximum Gasteiger partial charge on any atom is 0.172 e. The van der Waals surface area contributed by atoms with E-state index in [4.69, 9.17) is 10.8 Å². The third-order valence-corrected chi connectivity index (χ3v) is 4.82. The number of nitrogens with one attached hydrogen (secondary N) is 1. The summed E-state index contributed by atoms with van der Waals surface area (Å²) >= 11 is 0. The second kappa shape index (κ2) is 7.21. The molecule has 126 valence electrons. The van der Waals surface area contributed by atoms with E-state index < -0.39 is 0 Å². The van der Waals surface area contributed by atoms with Crippen molar-refractivity contribution in [3.05, 3.63) is 23.4 Å². The second-order valence-corrected chi connectivity index (χ2v) is 6.66. The Morgan fingerprint density at radius 3 is 2.96 bits per heavy atom. The largest absolute Gasteiger partial charge is 0.394 e. The van der Waals surface area contributed by atoms with Gasteiger partial charge in [0.1, 0.15) is 5.69 Å². The molecule has 0 amide bonds. The van der Waals surface area contributed by atoms with E-state index in [1.165, 1.54) is 36.9 Å². The van der Waals surface area contributed by atoms with Gasteiger partial charge in [-0.25, -0.2) is 4.52 Å². The van der Waals surface area contributed by atoms with Gasteiger partial charge in [0.25, 0.3) is 0 Å². The molecule has 2 heterocycles. The molecule has 3 rings (SSSR count). The molecule has 0 saturated heterocycles. The number of aryl methyl sites for hydroxylation is 2. The lowest BCUT2D eigenvalue weighted by atomic mass is 10.2. The molecule has 23 heavy (non-hydrogen) atoms. The summed E-state index contributed by atoms with van der Waals surface area (Å²) in [7, 11) is 2.18. The number of pyridine rings is 1. The third-order valence-electron chi connectivity index (χ3n) is 4.82. The minimum absolute atomic E-state index is 0.772. The summed E-state index contributed by atoms with van der Waals surface area (Å²) in [6.07, 6.45) is 7.34. The topological polar surface area (TPSA) is 58.6 Å². The van der Waals surface area contributed by atoms with E-state index >= 15 is 0 Å². The van der Waals surface area contributed by atoms with Crippen molar-refractivity contribution >= 4 is 17.0 Å². The third kappa shape index (κ3) is 3.44. The summed E-state index contributed by atoms with van der Waals surface area (Å²) in [5.74, 6) is 0.826. The number of unbranched alkanes of at least 4 members (excludes halogenated alkanes) is 2. The van der Waals surface area contributed by atoms with Gasteiger partial charge in [-0.05, 0) is 50.9 Å². The Balaban J connectivity index is 1.61. The van der Waals surface area contributed by atoms with Gasteiger partial charge in [-0.3, -0.25) is 0 Å². The van der Waals surface area contributed by atoms with Crippen LogP contribution >= 0.6 is 0 Å². The fourth-order valence-corrected chi connectivity index (χ4v) is 3.40. The average Bonchev–Trinajstić information content (AvgIpc) is 3.13. The summed E-state index contributed by atoms with van der Waals surface area (Å²) in [4.78, 5) is 2.37. The van der Waals surface area contributed by atoms with Crippen LogP contribution < -0.4 is 11.1 Å². The number of hydrogen-bond donors (Lipinski definition) is 2. The molecule has 0 saturated carbocycles. The zero-order chi connectivity index (χ0) is 16.2. The molecule has 3 N–H and O–H groups in total. The highest BCUT2D eigenvalue weighted by Gasteiger charge is 2.18. The molecule has 0 fully saturated rings. The van der Waals surface area contributed by atoms with Crippen molar-refractivity contribution in [2.75, 3.05) is 37.7 Å². The first-order valence-corrected chi connectivity index (χ1v) is 8.92. The van der Waals surface area contributed by atoms with Gasteiger partial charge in [-0.15, -0.1) is 5.10 Å². The fraction of sp³-hybridized carbons (Fsp3) is 0.611. The molecular formula is C18H29N5. The molecule has 2 aromatic rings. The highest BCUT2D eigenvalue weighted by Crippen LogP contribution is 2.29. The lowest BCUT2D eigenvalue weighted by Crippen LogP contribution is -2.26. The molecule has 0 unspecified atom stereocenters. The van der Waals surface area contributed by atoms with Gasteiger partial charge in [0.05, 0.1) is 5.52 Å². The predicted octanol–water partition coefficient (Wildman–Crippen LogP) is 2.94. The maximum absolute atomic E-state index is 6.29. The summed E-state index contributed by atoms with van der Waals surface area (Å²) in [6.45, 7) is 5.28. The van der Waals surface area contributed by atoms with E-state index in [-0.39, 0.29) is 0 Å². The van der Waals surface area contributed by atoms with Crippen LogP contribution in [0.3, 0.4) is 0 Å². The van der Waals surface area contributed by atoms with Crippen LogP contribution in [0.25, 0.3) is 5.52 Å². The number of likely N-dealkylation sites (N-methyl/N-ethyl adjacent to an activating group) is 1. The average molecular weight is 315 g/mol. The van der Waals surface area contributed by atoms with Crippen molar-refractivity contribution in [1.29, 1.82) is 0 Å². The van der Waals surface area contributed by atoms with Gasteiger partial charge in [0, 0.05) is 18.8 Å². The van der Waals surface area contributed by atoms with Crippen molar-refractivity contribution < 1.29 is 0 Å². The SMILES string of the molecule is CCCCCN(C)CCNc1nn2c3c(ccc2c1N)CCC3. The number of hydrogen-bond acceptors (Lipinski definition) is 4. The molecular weight excluding hydrogens is 286 g/mol. The monoisotopic (exact) mass is 315 g/mol. The Hall–Kier alpha value is -1.75. The molecule has 0 spiro atoms. The fourth-order valence-electron chi connectivity index (χ4n) is 3.40. The van der Waals surface area contributed by atoms with Crippen molar-refractivity contribution in [3.63, 3.8) is 0 Å². The minimum atomic E-state index is 0.772. The number of nitrogens with two attached hydrogens (primary N) is 1. The van der Waals surface area contributed by atoms with E-state index in [1.807, 2.05) is 4.52 Å². The van der Waals surface area contributed by atoms with Crippen LogP contribution in [-0.2, 0) is 12.8 Å². The number of nitrogens with zero attached hydrogens (tertiary/aromatic N) is 3. The highest BCUT2D eigenvalue weighted by molar-refractivity contribution is 5.81. The van der Waals surface area contributed by atoms with Crippen LogP contribution in [0.4, 0.5) is 11.5 Å². The first kappa shape index (κ1) is 16.1. The molecule has 2 aromatic heterocycles. The van der Waals surface area contributed by atoms with Crippen molar-refractivity contribution in [3.8, 4) is 0 Å². The maximum atomic E-state index is 6.29. The van der Waals surface area contributed by atoms with E-state index in [1.54, 1.807) is 0 Å². The van der Waals surface area contributed by atoms with E-state index in [9.17, 15) is 0 Å². The van der Waals surface area contributed by atoms with E-state index in [2.05, 4.69) is 36.3 Å². The molecule has 1 aliphatic carbocycles. The van der Waals surface area contributed by atoms with Gasteiger partial charge in [0.15, 0.2) is 5.82 Å². The molecule has 0 radical (unpaired) electrons. The number of fused-ring (bicyclic) bond motifs is 3. The zero-order valence-electron chi connectivity index (χ0n) is 14.4. The zero-order valence-corrected chi connectivity index (χ0v) is 14.4. The van der Waals surface area contributed by atoms with Crippen LogP contribution in [0.15, 0.2) is 12.1 Å². The van der Waals surface area contributed by atoms with E-state index in [0.29, 0.717) is 0 Å². The van der Waals surface area contributed by atoms with Crippen LogP contribution in [0.1, 0.15) is 43.9 Å². The second-order valence-electron chi connectivity index (χ2n) is 6.66. The van der Waals surface area contributed by atoms with Gasteiger partial charge in [-0.2, -0.15) is 0 Å². The normalized spacial score (nSPS) is 13.9. The first-order valence-electron chi connectivity index (χ1n) is 8.92. The van der Waals surface area contributed by atoms with Crippen LogP contribution in [0, 0.1) is 0 Å². The van der Waals surface area contributed by atoms with Crippen LogP contribution in [-0.4, -0.2) is 41.2 Å². The summed E-state index contributed by atoms with van der Waals surface area (Å²) in [5, 5.41) is 8.13. The number of nitrogen functional groups attached to an aromatic ring is 1. The van der Waals surface area contributed by atoms with E-state index in [0.717, 1.165) is 49.5 Å². The van der Waals surface area contributed by atoms with Gasteiger partial charge >= 0.3 is 0 Å². The van der Waals surface area contributed by atoms with Crippen LogP contribution in [0.2, 0.25) is 0 Å². The quantitative estimate of drug-likeness (QED) is 0.735. The predicted molar refractivity (Wildman–Crippen MR) is 97.1 cm³/mol. The van der Waals surface area contributed by atoms with Crippen LogP contribution in [0.5, 0.6) is 0 Å². The molecule has 5 heteroatoms. The Kier molecular flexibility index (Phi) is 5.06. The standard InChI is InChI=1S/C18H29N5/c1-3-4-5-12-22(2)13-11-20-18-17(19)16-10-9-14-7-6-8-15(14)23(16)21-18/h9-10H,3-8,11-13,19H2,1-2H3,(H,20,21). The van der Waals surface area contributed by atoms with Gasteiger partial charge in [0.2, 0.25) is 0 Å². The van der Waals surface area contributed by atoms with Crippen molar-refractivity contribution in [2.45, 2.75) is 45.4 Å². The number of anilines is 2. The van der Waals surface area contributed by atoms with Gasteiger partial charge < -0.3 is 16.0 Å². The smallest absolute Gasteiger partial charge is 0.172 e. The summed E-state index contributed by atoms with van der Waals surface area (Å²) < 4.78 is 2.05. The number of aromatic nitrogens is 2. The molecule has 0 bridgehead atoms. The first-order chi connectivity index (χ1) is 11.2. The lowest BCUT2D eigenvalue weighted by molar-refractivity contribution is 0.337. The Morgan fingerprint density at radius 1 is 1.26 bits per heavy atom.